The van der Waals surface area contributed by atoms with Gasteiger partial charge in [0.25, 0.3) is 0 Å². The average molecular weight is 348 g/mol. The summed E-state index contributed by atoms with van der Waals surface area (Å²) in [4.78, 5) is 8.79. The molecule has 0 atom stereocenters. The normalized spacial score (nSPS) is 11.4. The van der Waals surface area contributed by atoms with E-state index in [0.717, 1.165) is 41.1 Å². The van der Waals surface area contributed by atoms with Crippen LogP contribution < -0.4 is 15.4 Å². The maximum Gasteiger partial charge on any atom is 0.191 e. The summed E-state index contributed by atoms with van der Waals surface area (Å²) in [7, 11) is 3.46. The number of fused-ring (bicyclic) bond motifs is 1. The molecular formula is C21H24N4O. The fraction of sp³-hybridized carbons (Fsp3) is 0.238. The first-order chi connectivity index (χ1) is 12.8. The van der Waals surface area contributed by atoms with Crippen molar-refractivity contribution in [1.29, 1.82) is 0 Å². The average Bonchev–Trinajstić information content (AvgIpc) is 2.71. The highest BCUT2D eigenvalue weighted by molar-refractivity contribution is 5.83. The second-order valence-corrected chi connectivity index (χ2v) is 5.94. The van der Waals surface area contributed by atoms with Crippen LogP contribution in [-0.2, 0) is 13.0 Å². The van der Waals surface area contributed by atoms with Gasteiger partial charge < -0.3 is 15.4 Å². The molecule has 0 aliphatic rings. The molecule has 26 heavy (non-hydrogen) atoms. The highest BCUT2D eigenvalue weighted by Gasteiger charge is 2.03. The smallest absolute Gasteiger partial charge is 0.191 e. The SMILES string of the molecule is CN=C(NCCc1ccc(OC)cc1)NCc1cccc2cccnc12. The van der Waals surface area contributed by atoms with Crippen LogP contribution in [0.5, 0.6) is 5.75 Å². The second-order valence-electron chi connectivity index (χ2n) is 5.94. The Hall–Kier alpha value is -3.08. The molecule has 2 N–H and O–H groups in total. The van der Waals surface area contributed by atoms with E-state index in [1.165, 1.54) is 5.56 Å². The van der Waals surface area contributed by atoms with Crippen molar-refractivity contribution in [2.75, 3.05) is 20.7 Å². The summed E-state index contributed by atoms with van der Waals surface area (Å²) in [5.74, 6) is 1.66. The second kappa shape index (κ2) is 8.85. The summed E-state index contributed by atoms with van der Waals surface area (Å²) in [6.07, 6.45) is 2.74. The van der Waals surface area contributed by atoms with E-state index in [1.807, 2.05) is 24.4 Å². The molecule has 1 aromatic heterocycles. The molecule has 3 aromatic rings. The Kier molecular flexibility index (Phi) is 6.04. The standard InChI is InChI=1S/C21H24N4O/c1-22-21(24-14-12-16-8-10-19(26-2)11-9-16)25-15-18-6-3-5-17-7-4-13-23-20(17)18/h3-11,13H,12,14-15H2,1-2H3,(H2,22,24,25). The molecule has 0 saturated carbocycles. The summed E-state index contributed by atoms with van der Waals surface area (Å²) in [5, 5.41) is 7.86. The topological polar surface area (TPSA) is 58.5 Å². The van der Waals surface area contributed by atoms with Crippen molar-refractivity contribution in [1.82, 2.24) is 15.6 Å². The third-order valence-electron chi connectivity index (χ3n) is 4.25. The first-order valence-electron chi connectivity index (χ1n) is 8.70. The van der Waals surface area contributed by atoms with E-state index in [-0.39, 0.29) is 0 Å². The fourth-order valence-electron chi connectivity index (χ4n) is 2.83. The van der Waals surface area contributed by atoms with Gasteiger partial charge in [-0.2, -0.15) is 0 Å². The largest absolute Gasteiger partial charge is 0.497 e. The number of benzene rings is 2. The predicted molar refractivity (Wildman–Crippen MR) is 107 cm³/mol. The number of guanidine groups is 1. The number of aliphatic imine (C=N–C) groups is 1. The third-order valence-corrected chi connectivity index (χ3v) is 4.25. The van der Waals surface area contributed by atoms with Gasteiger partial charge in [0.2, 0.25) is 0 Å². The molecule has 0 spiro atoms. The molecule has 0 unspecified atom stereocenters. The first-order valence-corrected chi connectivity index (χ1v) is 8.70. The Morgan fingerprint density at radius 3 is 2.62 bits per heavy atom. The fourth-order valence-corrected chi connectivity index (χ4v) is 2.83. The van der Waals surface area contributed by atoms with Crippen LogP contribution >= 0.6 is 0 Å². The molecule has 2 aromatic carbocycles. The number of aromatic nitrogens is 1. The highest BCUT2D eigenvalue weighted by Crippen LogP contribution is 2.15. The molecular weight excluding hydrogens is 324 g/mol. The van der Waals surface area contributed by atoms with Crippen LogP contribution in [0, 0.1) is 0 Å². The molecule has 1 heterocycles. The van der Waals surface area contributed by atoms with Crippen LogP contribution in [0.4, 0.5) is 0 Å². The third kappa shape index (κ3) is 4.51. The first kappa shape index (κ1) is 17.7. The maximum atomic E-state index is 5.18. The van der Waals surface area contributed by atoms with Gasteiger partial charge >= 0.3 is 0 Å². The van der Waals surface area contributed by atoms with Crippen molar-refractivity contribution >= 4 is 16.9 Å². The Balaban J connectivity index is 1.53. The van der Waals surface area contributed by atoms with Crippen molar-refractivity contribution in [3.63, 3.8) is 0 Å². The van der Waals surface area contributed by atoms with Gasteiger partial charge in [-0.25, -0.2) is 0 Å². The van der Waals surface area contributed by atoms with Gasteiger partial charge in [0.05, 0.1) is 12.6 Å². The van der Waals surface area contributed by atoms with E-state index in [4.69, 9.17) is 4.74 Å². The minimum atomic E-state index is 0.677. The highest BCUT2D eigenvalue weighted by atomic mass is 16.5. The molecule has 0 aliphatic carbocycles. The van der Waals surface area contributed by atoms with Crippen LogP contribution in [0.15, 0.2) is 65.8 Å². The van der Waals surface area contributed by atoms with Crippen molar-refractivity contribution < 1.29 is 4.74 Å². The monoisotopic (exact) mass is 348 g/mol. The molecule has 0 aliphatic heterocycles. The molecule has 134 valence electrons. The number of methoxy groups -OCH3 is 1. The van der Waals surface area contributed by atoms with Crippen molar-refractivity contribution in [3.05, 3.63) is 71.9 Å². The Morgan fingerprint density at radius 2 is 1.85 bits per heavy atom. The Bertz CT molecular complexity index is 869. The van der Waals surface area contributed by atoms with E-state index < -0.39 is 0 Å². The molecule has 3 rings (SSSR count). The lowest BCUT2D eigenvalue weighted by Crippen LogP contribution is -2.37. The number of ether oxygens (including phenoxy) is 1. The molecule has 0 bridgehead atoms. The molecule has 0 fully saturated rings. The zero-order valence-electron chi connectivity index (χ0n) is 15.2. The number of rotatable bonds is 6. The molecule has 0 radical (unpaired) electrons. The van der Waals surface area contributed by atoms with Crippen molar-refractivity contribution in [2.45, 2.75) is 13.0 Å². The quantitative estimate of drug-likeness (QED) is 0.531. The Morgan fingerprint density at radius 1 is 1.04 bits per heavy atom. The van der Waals surface area contributed by atoms with Gasteiger partial charge in [0, 0.05) is 31.7 Å². The van der Waals surface area contributed by atoms with E-state index in [2.05, 4.69) is 57.0 Å². The summed E-state index contributed by atoms with van der Waals surface area (Å²) in [6.45, 7) is 1.48. The number of para-hydroxylation sites is 1. The Labute approximate surface area is 154 Å². The van der Waals surface area contributed by atoms with Crippen LogP contribution in [0.3, 0.4) is 0 Å². The summed E-state index contributed by atoms with van der Waals surface area (Å²) in [6, 6.07) is 18.4. The zero-order chi connectivity index (χ0) is 18.2. The predicted octanol–water partition coefficient (Wildman–Crippen LogP) is 3.15. The minimum absolute atomic E-state index is 0.677. The maximum absolute atomic E-state index is 5.18. The van der Waals surface area contributed by atoms with Gasteiger partial charge in [0.15, 0.2) is 5.96 Å². The lowest BCUT2D eigenvalue weighted by molar-refractivity contribution is 0.414. The van der Waals surface area contributed by atoms with Gasteiger partial charge in [0.1, 0.15) is 5.75 Å². The lowest BCUT2D eigenvalue weighted by Gasteiger charge is -2.13. The van der Waals surface area contributed by atoms with Gasteiger partial charge in [-0.15, -0.1) is 0 Å². The summed E-state index contributed by atoms with van der Waals surface area (Å²) in [5.41, 5.74) is 3.43. The summed E-state index contributed by atoms with van der Waals surface area (Å²) < 4.78 is 5.18. The molecule has 5 nitrogen and oxygen atoms in total. The molecule has 0 saturated heterocycles. The van der Waals surface area contributed by atoms with Crippen LogP contribution in [0.2, 0.25) is 0 Å². The number of hydrogen-bond donors (Lipinski definition) is 2. The zero-order valence-corrected chi connectivity index (χ0v) is 15.2. The van der Waals surface area contributed by atoms with Crippen molar-refractivity contribution in [2.24, 2.45) is 4.99 Å². The van der Waals surface area contributed by atoms with E-state index >= 15 is 0 Å². The van der Waals surface area contributed by atoms with E-state index in [1.54, 1.807) is 14.2 Å². The van der Waals surface area contributed by atoms with Crippen LogP contribution in [0.1, 0.15) is 11.1 Å². The van der Waals surface area contributed by atoms with Crippen molar-refractivity contribution in [3.8, 4) is 5.75 Å². The van der Waals surface area contributed by atoms with E-state index in [9.17, 15) is 0 Å². The number of nitrogens with zero attached hydrogens (tertiary/aromatic N) is 2. The van der Waals surface area contributed by atoms with Gasteiger partial charge in [-0.3, -0.25) is 9.98 Å². The minimum Gasteiger partial charge on any atom is -0.497 e. The molecule has 0 amide bonds. The summed E-state index contributed by atoms with van der Waals surface area (Å²) >= 11 is 0. The van der Waals surface area contributed by atoms with Gasteiger partial charge in [-0.05, 0) is 35.7 Å². The number of nitrogens with one attached hydrogen (secondary N) is 2. The number of hydrogen-bond acceptors (Lipinski definition) is 3. The van der Waals surface area contributed by atoms with Crippen LogP contribution in [-0.4, -0.2) is 31.6 Å². The van der Waals surface area contributed by atoms with Gasteiger partial charge in [-0.1, -0.05) is 36.4 Å². The van der Waals surface area contributed by atoms with Crippen LogP contribution in [0.25, 0.3) is 10.9 Å². The molecule has 5 heteroatoms. The number of pyridine rings is 1. The van der Waals surface area contributed by atoms with E-state index in [0.29, 0.717) is 6.54 Å². The lowest BCUT2D eigenvalue weighted by atomic mass is 10.1.